The van der Waals surface area contributed by atoms with Gasteiger partial charge in [-0.15, -0.1) is 0 Å². The van der Waals surface area contributed by atoms with Crippen molar-refractivity contribution >= 4 is 50.4 Å². The molecule has 1 aliphatic rings. The maximum absolute atomic E-state index is 10.0. The molecule has 1 aliphatic carbocycles. The van der Waals surface area contributed by atoms with Crippen molar-refractivity contribution < 1.29 is 30.0 Å². The van der Waals surface area contributed by atoms with Gasteiger partial charge < -0.3 is 5.11 Å². The molecule has 0 aliphatic heterocycles. The van der Waals surface area contributed by atoms with Crippen LogP contribution in [0.5, 0.6) is 0 Å². The molecule has 0 amide bonds. The van der Waals surface area contributed by atoms with E-state index in [1.165, 1.54) is 61.3 Å². The van der Waals surface area contributed by atoms with Gasteiger partial charge in [-0.25, -0.2) is 0 Å². The van der Waals surface area contributed by atoms with Gasteiger partial charge in [-0.3, -0.25) is 4.79 Å². The molecule has 0 saturated heterocycles. The number of rotatable bonds is 1. The summed E-state index contributed by atoms with van der Waals surface area (Å²) in [6, 6.07) is 23.7. The van der Waals surface area contributed by atoms with Crippen LogP contribution in [0.2, 0.25) is 0 Å². The number of hydrogen-bond donors (Lipinski definition) is 1. The van der Waals surface area contributed by atoms with E-state index in [9.17, 15) is 4.79 Å². The van der Waals surface area contributed by atoms with Gasteiger partial charge in [-0.05, 0) is 13.8 Å². The van der Waals surface area contributed by atoms with E-state index >= 15 is 0 Å². The average molecular weight is 690 g/mol. The van der Waals surface area contributed by atoms with Crippen molar-refractivity contribution in [3.05, 3.63) is 89.8 Å². The first-order valence-electron chi connectivity index (χ1n) is 10.9. The zero-order valence-corrected chi connectivity index (χ0v) is 23.5. The Kier molecular flexibility index (Phi) is 6.68. The molecule has 173 valence electrons. The standard InChI is InChI=1S/C24H16NSe.C5H8O2.Ir/c1-24(2)17-8-5-9-19-21(17)22-20(26-19)10-11-25-23(22)16-12-14-6-3-4-7-15(14)13-18(16)24;1-4(6)3-5(2)7;/h3-11,13H,1-2H3;3,6H,1-2H3;/q-1;;/b;4-3-;. The minimum atomic E-state index is -0.125. The molecule has 5 aromatic rings. The van der Waals surface area contributed by atoms with Crippen molar-refractivity contribution in [1.82, 2.24) is 4.98 Å². The fraction of sp³-hybridized carbons (Fsp3) is 0.172. The SMILES string of the molecule is CC(=O)/C=C(/C)O.CC1(C)c2cc3ccccc3[c-]c2-c2nccc3[se]c4cccc1c4c23.[Ir]. The van der Waals surface area contributed by atoms with Crippen molar-refractivity contribution in [1.29, 1.82) is 0 Å². The van der Waals surface area contributed by atoms with Crippen LogP contribution in [0, 0.1) is 6.07 Å². The molecule has 0 bridgehead atoms. The number of aliphatic hydroxyl groups is 1. The van der Waals surface area contributed by atoms with Gasteiger partial charge in [0.25, 0.3) is 0 Å². The molecule has 0 spiro atoms. The molecule has 2 aromatic heterocycles. The van der Waals surface area contributed by atoms with Crippen LogP contribution < -0.4 is 0 Å². The number of benzene rings is 3. The van der Waals surface area contributed by atoms with Crippen LogP contribution >= 0.6 is 0 Å². The summed E-state index contributed by atoms with van der Waals surface area (Å²) in [6.45, 7) is 7.54. The summed E-state index contributed by atoms with van der Waals surface area (Å²) >= 11 is 0.364. The summed E-state index contributed by atoms with van der Waals surface area (Å²) in [7, 11) is 0. The number of ketones is 1. The van der Waals surface area contributed by atoms with E-state index in [2.05, 4.69) is 74.5 Å². The van der Waals surface area contributed by atoms with Gasteiger partial charge in [-0.2, -0.15) is 0 Å². The third-order valence-corrected chi connectivity index (χ3v) is 8.54. The molecule has 34 heavy (non-hydrogen) atoms. The quantitative estimate of drug-likeness (QED) is 0.0919. The van der Waals surface area contributed by atoms with Crippen LogP contribution in [0.25, 0.3) is 41.3 Å². The number of allylic oxidation sites excluding steroid dienone is 2. The molecule has 2 heterocycles. The van der Waals surface area contributed by atoms with E-state index in [4.69, 9.17) is 10.1 Å². The number of carbonyl (C=O) groups excluding carboxylic acids is 1. The van der Waals surface area contributed by atoms with E-state index in [0.717, 1.165) is 11.1 Å². The number of aromatic nitrogens is 1. The van der Waals surface area contributed by atoms with Gasteiger partial charge in [-0.1, -0.05) is 0 Å². The Morgan fingerprint density at radius 1 is 1.00 bits per heavy atom. The second-order valence-electron chi connectivity index (χ2n) is 8.98. The molecule has 3 aromatic carbocycles. The minimum absolute atomic E-state index is 0. The van der Waals surface area contributed by atoms with Crippen LogP contribution in [-0.2, 0) is 30.3 Å². The molecule has 3 nitrogen and oxygen atoms in total. The van der Waals surface area contributed by atoms with Crippen molar-refractivity contribution in [2.75, 3.05) is 0 Å². The second kappa shape index (κ2) is 9.24. The Morgan fingerprint density at radius 3 is 2.44 bits per heavy atom. The number of fused-ring (bicyclic) bond motifs is 3. The molecule has 1 N–H and O–H groups in total. The first kappa shape index (κ1) is 24.6. The fourth-order valence-electron chi connectivity index (χ4n) is 4.76. The maximum Gasteiger partial charge on any atom is 0 e. The predicted molar refractivity (Wildman–Crippen MR) is 137 cm³/mol. The van der Waals surface area contributed by atoms with Crippen molar-refractivity contribution in [2.45, 2.75) is 33.1 Å². The Morgan fingerprint density at radius 2 is 1.74 bits per heavy atom. The van der Waals surface area contributed by atoms with Crippen molar-refractivity contribution in [2.24, 2.45) is 0 Å². The largest absolute Gasteiger partial charge is 0 e. The van der Waals surface area contributed by atoms with Crippen LogP contribution in [-0.4, -0.2) is 30.4 Å². The molecule has 6 rings (SSSR count). The van der Waals surface area contributed by atoms with Gasteiger partial charge in [0.2, 0.25) is 0 Å². The summed E-state index contributed by atoms with van der Waals surface area (Å²) in [6.07, 6.45) is 3.15. The summed E-state index contributed by atoms with van der Waals surface area (Å²) in [5.41, 5.74) is 4.95. The molecule has 0 atom stereocenters. The Balaban J connectivity index is 0.000000303. The van der Waals surface area contributed by atoms with Gasteiger partial charge in [0.15, 0.2) is 5.78 Å². The summed E-state index contributed by atoms with van der Waals surface area (Å²) in [4.78, 5) is 14.9. The van der Waals surface area contributed by atoms with Gasteiger partial charge in [0.05, 0.1) is 5.76 Å². The monoisotopic (exact) mass is 691 g/mol. The Hall–Kier alpha value is -2.55. The summed E-state index contributed by atoms with van der Waals surface area (Å²) in [5.74, 6) is -0.0625. The second-order valence-corrected chi connectivity index (χ2v) is 11.3. The third kappa shape index (κ3) is 4.08. The number of pyridine rings is 1. The van der Waals surface area contributed by atoms with Crippen LogP contribution in [0.4, 0.5) is 0 Å². The van der Waals surface area contributed by atoms with Gasteiger partial charge in [0.1, 0.15) is 0 Å². The first-order chi connectivity index (χ1) is 15.8. The summed E-state index contributed by atoms with van der Waals surface area (Å²) in [5, 5.41) is 13.6. The molecule has 5 heteroatoms. The Bertz CT molecular complexity index is 1590. The molecule has 0 unspecified atom stereocenters. The van der Waals surface area contributed by atoms with Crippen LogP contribution in [0.15, 0.2) is 72.6 Å². The zero-order chi connectivity index (χ0) is 23.3. The maximum atomic E-state index is 10.0. The normalized spacial score (nSPS) is 13.7. The van der Waals surface area contributed by atoms with Crippen LogP contribution in [0.1, 0.15) is 38.8 Å². The van der Waals surface area contributed by atoms with Crippen molar-refractivity contribution in [3.8, 4) is 11.3 Å². The molecule has 1 radical (unpaired) electrons. The number of nitrogens with zero attached hydrogens (tertiary/aromatic N) is 1. The molecule has 0 saturated carbocycles. The van der Waals surface area contributed by atoms with E-state index in [1.54, 1.807) is 0 Å². The van der Waals surface area contributed by atoms with Gasteiger partial charge in [0, 0.05) is 26.2 Å². The minimum Gasteiger partial charge on any atom is 0 e. The van der Waals surface area contributed by atoms with Crippen molar-refractivity contribution in [3.63, 3.8) is 0 Å². The topological polar surface area (TPSA) is 50.2 Å². The predicted octanol–water partition coefficient (Wildman–Crippen LogP) is 6.74. The Labute approximate surface area is 218 Å². The number of hydrogen-bond acceptors (Lipinski definition) is 3. The fourth-order valence-corrected chi connectivity index (χ4v) is 7.12. The third-order valence-electron chi connectivity index (χ3n) is 6.19. The number of aliphatic hydroxyl groups excluding tert-OH is 1. The zero-order valence-electron chi connectivity index (χ0n) is 19.4. The van der Waals surface area contributed by atoms with E-state index < -0.39 is 0 Å². The van der Waals surface area contributed by atoms with E-state index in [-0.39, 0.29) is 37.1 Å². The number of carbonyl (C=O) groups is 1. The molecular weight excluding hydrogens is 666 g/mol. The summed E-state index contributed by atoms with van der Waals surface area (Å²) < 4.78 is 2.94. The first-order valence-corrected chi connectivity index (χ1v) is 12.6. The molecular formula is C29H24IrNO2Se-. The van der Waals surface area contributed by atoms with E-state index in [0.29, 0.717) is 14.5 Å². The van der Waals surface area contributed by atoms with Crippen LogP contribution in [0.3, 0.4) is 0 Å². The molecule has 0 fully saturated rings. The van der Waals surface area contributed by atoms with E-state index in [1.807, 2.05) is 6.20 Å². The smallest absolute Gasteiger partial charge is 0 e. The average Bonchev–Trinajstić information content (AvgIpc) is 3.13. The van der Waals surface area contributed by atoms with Gasteiger partial charge >= 0.3 is 158 Å².